The summed E-state index contributed by atoms with van der Waals surface area (Å²) >= 11 is 0. The van der Waals surface area contributed by atoms with Gasteiger partial charge < -0.3 is 14.7 Å². The van der Waals surface area contributed by atoms with E-state index in [1.165, 1.54) is 4.90 Å². The smallest absolute Gasteiger partial charge is 0.410 e. The summed E-state index contributed by atoms with van der Waals surface area (Å²) in [6.07, 6.45) is -0.712. The zero-order valence-electron chi connectivity index (χ0n) is 9.69. The van der Waals surface area contributed by atoms with Crippen LogP contribution in [0.25, 0.3) is 0 Å². The number of ether oxygens (including phenoxy) is 1. The van der Waals surface area contributed by atoms with Gasteiger partial charge in [0.25, 0.3) is 0 Å². The van der Waals surface area contributed by atoms with Gasteiger partial charge in [-0.3, -0.25) is 4.79 Å². The van der Waals surface area contributed by atoms with Crippen LogP contribution in [0, 0.1) is 0 Å². The van der Waals surface area contributed by atoms with E-state index < -0.39 is 12.1 Å². The minimum atomic E-state index is -0.919. The van der Waals surface area contributed by atoms with Gasteiger partial charge in [-0.05, 0) is 27.7 Å². The van der Waals surface area contributed by atoms with Crippen LogP contribution < -0.4 is 0 Å². The van der Waals surface area contributed by atoms with E-state index in [1.54, 1.807) is 13.8 Å². The lowest BCUT2D eigenvalue weighted by Gasteiger charge is -2.26. The minimum Gasteiger partial charge on any atom is -0.481 e. The van der Waals surface area contributed by atoms with Gasteiger partial charge in [-0.15, -0.1) is 0 Å². The van der Waals surface area contributed by atoms with Crippen LogP contribution in [0.2, 0.25) is 0 Å². The zero-order chi connectivity index (χ0) is 12.0. The summed E-state index contributed by atoms with van der Waals surface area (Å²) in [4.78, 5) is 23.3. The van der Waals surface area contributed by atoms with Crippen molar-refractivity contribution in [1.29, 1.82) is 0 Å². The summed E-state index contributed by atoms with van der Waals surface area (Å²) in [6.45, 7) is 7.34. The molecule has 0 atom stereocenters. The number of carbonyl (C=O) groups is 2. The molecule has 0 heterocycles. The Bertz CT molecular complexity index is 225. The Morgan fingerprint density at radius 2 is 1.80 bits per heavy atom. The number of aliphatic carboxylic acids is 1. The lowest BCUT2D eigenvalue weighted by molar-refractivity contribution is -0.137. The van der Waals surface area contributed by atoms with Crippen molar-refractivity contribution in [1.82, 2.24) is 4.90 Å². The van der Waals surface area contributed by atoms with Gasteiger partial charge in [0, 0.05) is 12.6 Å². The Kier molecular flexibility index (Phi) is 5.74. The quantitative estimate of drug-likeness (QED) is 0.761. The summed E-state index contributed by atoms with van der Waals surface area (Å²) in [5.74, 6) is -0.919. The highest BCUT2D eigenvalue weighted by Crippen LogP contribution is 2.05. The Balaban J connectivity index is 4.25. The molecule has 5 nitrogen and oxygen atoms in total. The van der Waals surface area contributed by atoms with Gasteiger partial charge in [-0.1, -0.05) is 0 Å². The average molecular weight is 217 g/mol. The van der Waals surface area contributed by atoms with E-state index >= 15 is 0 Å². The summed E-state index contributed by atoms with van der Waals surface area (Å²) < 4.78 is 5.00. The first-order valence-corrected chi connectivity index (χ1v) is 5.03. The van der Waals surface area contributed by atoms with E-state index in [-0.39, 0.29) is 25.1 Å². The van der Waals surface area contributed by atoms with Gasteiger partial charge in [-0.2, -0.15) is 0 Å². The van der Waals surface area contributed by atoms with Crippen LogP contribution in [0.15, 0.2) is 0 Å². The first kappa shape index (κ1) is 13.7. The van der Waals surface area contributed by atoms with Crippen molar-refractivity contribution >= 4 is 12.1 Å². The van der Waals surface area contributed by atoms with Crippen LogP contribution in [0.5, 0.6) is 0 Å². The average Bonchev–Trinajstić information content (AvgIpc) is 2.01. The van der Waals surface area contributed by atoms with E-state index in [0.29, 0.717) is 0 Å². The number of rotatable bonds is 5. The molecular formula is C10H19NO4. The van der Waals surface area contributed by atoms with Gasteiger partial charge in [0.1, 0.15) is 0 Å². The van der Waals surface area contributed by atoms with Crippen molar-refractivity contribution in [2.45, 2.75) is 46.3 Å². The Morgan fingerprint density at radius 1 is 1.27 bits per heavy atom. The predicted octanol–water partition coefficient (Wildman–Crippen LogP) is 1.72. The van der Waals surface area contributed by atoms with Gasteiger partial charge in [0.15, 0.2) is 0 Å². The Labute approximate surface area is 90.0 Å². The van der Waals surface area contributed by atoms with Gasteiger partial charge in [0.05, 0.1) is 12.5 Å². The molecule has 0 rings (SSSR count). The van der Waals surface area contributed by atoms with E-state index in [0.717, 1.165) is 0 Å². The van der Waals surface area contributed by atoms with E-state index in [9.17, 15) is 9.59 Å². The molecule has 0 aliphatic rings. The second kappa shape index (κ2) is 6.27. The number of amides is 1. The fraction of sp³-hybridized carbons (Fsp3) is 0.800. The molecule has 0 aliphatic carbocycles. The third-order valence-corrected chi connectivity index (χ3v) is 1.76. The van der Waals surface area contributed by atoms with Gasteiger partial charge in [0.2, 0.25) is 0 Å². The Hall–Kier alpha value is -1.26. The van der Waals surface area contributed by atoms with Crippen LogP contribution in [0.4, 0.5) is 4.79 Å². The van der Waals surface area contributed by atoms with Crippen LogP contribution in [-0.2, 0) is 9.53 Å². The molecular weight excluding hydrogens is 198 g/mol. The second-order valence-electron chi connectivity index (χ2n) is 3.86. The number of carboxylic acid groups (broad SMARTS) is 1. The number of carboxylic acids is 1. The zero-order valence-corrected chi connectivity index (χ0v) is 9.69. The third-order valence-electron chi connectivity index (χ3n) is 1.76. The van der Waals surface area contributed by atoms with Crippen LogP contribution in [-0.4, -0.2) is 40.8 Å². The largest absolute Gasteiger partial charge is 0.481 e. The van der Waals surface area contributed by atoms with Crippen molar-refractivity contribution in [2.75, 3.05) is 6.54 Å². The molecule has 15 heavy (non-hydrogen) atoms. The molecule has 0 saturated carbocycles. The van der Waals surface area contributed by atoms with Crippen molar-refractivity contribution in [3.8, 4) is 0 Å². The van der Waals surface area contributed by atoms with Gasteiger partial charge >= 0.3 is 12.1 Å². The molecule has 1 amide bonds. The molecule has 5 heteroatoms. The highest BCUT2D eigenvalue weighted by atomic mass is 16.6. The molecule has 1 N–H and O–H groups in total. The Morgan fingerprint density at radius 3 is 2.13 bits per heavy atom. The van der Waals surface area contributed by atoms with Crippen LogP contribution >= 0.6 is 0 Å². The molecule has 0 unspecified atom stereocenters. The van der Waals surface area contributed by atoms with Crippen molar-refractivity contribution in [3.63, 3.8) is 0 Å². The van der Waals surface area contributed by atoms with Crippen LogP contribution in [0.3, 0.4) is 0 Å². The minimum absolute atomic E-state index is 0.0596. The fourth-order valence-electron chi connectivity index (χ4n) is 1.05. The number of nitrogens with zero attached hydrogens (tertiary/aromatic N) is 1. The molecule has 0 saturated heterocycles. The number of hydrogen-bond donors (Lipinski definition) is 1. The lowest BCUT2D eigenvalue weighted by atomic mass is 10.3. The summed E-state index contributed by atoms with van der Waals surface area (Å²) in [5, 5.41) is 8.53. The third kappa shape index (κ3) is 5.93. The summed E-state index contributed by atoms with van der Waals surface area (Å²) in [7, 11) is 0. The molecule has 0 fully saturated rings. The number of carbonyl (C=O) groups excluding carboxylic acids is 1. The van der Waals surface area contributed by atoms with Crippen molar-refractivity contribution in [3.05, 3.63) is 0 Å². The molecule has 0 aromatic heterocycles. The van der Waals surface area contributed by atoms with Crippen LogP contribution in [0.1, 0.15) is 34.1 Å². The maximum absolute atomic E-state index is 11.5. The maximum Gasteiger partial charge on any atom is 0.410 e. The molecule has 0 aromatic rings. The normalized spacial score (nSPS) is 10.5. The molecule has 0 aliphatic heterocycles. The highest BCUT2D eigenvalue weighted by molar-refractivity contribution is 5.70. The molecule has 88 valence electrons. The molecule has 0 bridgehead atoms. The van der Waals surface area contributed by atoms with E-state index in [4.69, 9.17) is 9.84 Å². The van der Waals surface area contributed by atoms with Crippen molar-refractivity contribution in [2.24, 2.45) is 0 Å². The van der Waals surface area contributed by atoms with Crippen molar-refractivity contribution < 1.29 is 19.4 Å². The van der Waals surface area contributed by atoms with E-state index in [2.05, 4.69) is 0 Å². The first-order chi connectivity index (χ1) is 6.84. The second-order valence-corrected chi connectivity index (χ2v) is 3.86. The fourth-order valence-corrected chi connectivity index (χ4v) is 1.05. The highest BCUT2D eigenvalue weighted by Gasteiger charge is 2.19. The summed E-state index contributed by atoms with van der Waals surface area (Å²) in [6, 6.07) is -0.0596. The topological polar surface area (TPSA) is 66.8 Å². The molecule has 0 spiro atoms. The molecule has 0 radical (unpaired) electrons. The van der Waals surface area contributed by atoms with Gasteiger partial charge in [-0.25, -0.2) is 4.79 Å². The standard InChI is InChI=1S/C10H19NO4/c1-7(2)11(6-5-9(12)13)10(14)15-8(3)4/h7-8H,5-6H2,1-4H3,(H,12,13). The lowest BCUT2D eigenvalue weighted by Crippen LogP contribution is -2.39. The predicted molar refractivity (Wildman–Crippen MR) is 55.7 cm³/mol. The first-order valence-electron chi connectivity index (χ1n) is 5.03. The SMILES string of the molecule is CC(C)OC(=O)N(CCC(=O)O)C(C)C. The van der Waals surface area contributed by atoms with E-state index in [1.807, 2.05) is 13.8 Å². The maximum atomic E-state index is 11.5. The monoisotopic (exact) mass is 217 g/mol. The number of hydrogen-bond acceptors (Lipinski definition) is 3. The summed E-state index contributed by atoms with van der Waals surface area (Å²) in [5.41, 5.74) is 0. The molecule has 0 aromatic carbocycles.